The van der Waals surface area contributed by atoms with E-state index >= 15 is 0 Å². The Morgan fingerprint density at radius 1 is 0.953 bits per heavy atom. The van der Waals surface area contributed by atoms with Gasteiger partial charge >= 0.3 is 5.97 Å². The summed E-state index contributed by atoms with van der Waals surface area (Å²) in [6.07, 6.45) is 2.63. The van der Waals surface area contributed by atoms with Gasteiger partial charge in [0, 0.05) is 35.5 Å². The maximum absolute atomic E-state index is 14.2. The van der Waals surface area contributed by atoms with Crippen LogP contribution in [-0.2, 0) is 37.4 Å². The summed E-state index contributed by atoms with van der Waals surface area (Å²) in [5.74, 6) is -2.20. The van der Waals surface area contributed by atoms with Gasteiger partial charge in [0.15, 0.2) is 0 Å². The molecule has 3 N–H and O–H groups in total. The highest BCUT2D eigenvalue weighted by Gasteiger charge is 2.43. The topological polar surface area (TPSA) is 125 Å². The molecule has 1 aliphatic carbocycles. The molecule has 2 aliphatic rings. The Labute approximate surface area is 255 Å². The zero-order valence-electron chi connectivity index (χ0n) is 25.5. The molecule has 1 aliphatic heterocycles. The van der Waals surface area contributed by atoms with Crippen LogP contribution in [0.4, 0.5) is 0 Å². The van der Waals surface area contributed by atoms with Gasteiger partial charge in [0.1, 0.15) is 6.61 Å². The normalized spacial score (nSPS) is 19.0. The lowest BCUT2D eigenvalue weighted by Gasteiger charge is -2.38. The first kappa shape index (κ1) is 32.4. The number of hydrogen-bond donors (Lipinski definition) is 3. The van der Waals surface area contributed by atoms with Crippen molar-refractivity contribution in [3.63, 3.8) is 0 Å². The number of hydrogen-bond acceptors (Lipinski definition) is 7. The number of aliphatic hydroxyl groups excluding tert-OH is 1. The van der Waals surface area contributed by atoms with Gasteiger partial charge in [0.25, 0.3) is 0 Å². The van der Waals surface area contributed by atoms with Gasteiger partial charge in [-0.3, -0.25) is 4.79 Å². The maximum atomic E-state index is 14.2. The molecule has 0 saturated heterocycles. The monoisotopic (exact) mass is 609 g/mol. The fourth-order valence-corrected chi connectivity index (χ4v) is 6.92. The molecule has 1 heterocycles. The minimum atomic E-state index is -3.91. The van der Waals surface area contributed by atoms with Crippen LogP contribution in [0.3, 0.4) is 0 Å². The first-order valence-corrected chi connectivity index (χ1v) is 16.6. The fourth-order valence-electron chi connectivity index (χ4n) is 5.72. The highest BCUT2D eigenvalue weighted by atomic mass is 32.2. The van der Waals surface area contributed by atoms with E-state index in [0.717, 1.165) is 34.5 Å². The summed E-state index contributed by atoms with van der Waals surface area (Å²) in [5.41, 5.74) is 2.45. The number of amides is 1. The summed E-state index contributed by atoms with van der Waals surface area (Å²) in [7, 11) is -3.91. The SMILES string of the molecule is CC1=C(C(=O)N[C@@H](Cc2ccccc2)[C@H](O)CNC2CC2)C(C(C)C)C(C(=O)OCc2ccccc2)=C(C)N1S(C)(=O)=O. The predicted molar refractivity (Wildman–Crippen MR) is 166 cm³/mol. The number of allylic oxidation sites excluding steroid dienone is 2. The number of nitrogens with zero attached hydrogens (tertiary/aromatic N) is 1. The zero-order chi connectivity index (χ0) is 31.3. The Bertz CT molecular complexity index is 1470. The van der Waals surface area contributed by atoms with Gasteiger partial charge in [-0.25, -0.2) is 17.5 Å². The van der Waals surface area contributed by atoms with Gasteiger partial charge in [-0.2, -0.15) is 0 Å². The van der Waals surface area contributed by atoms with Crippen molar-refractivity contribution in [3.8, 4) is 0 Å². The predicted octanol–water partition coefficient (Wildman–Crippen LogP) is 3.67. The standard InChI is InChI=1S/C33H43N3O6S/c1-21(2)29-30(32(38)35-27(18-24-12-8-6-9-13-24)28(37)19-34-26-16-17-26)22(3)36(43(5,40)41)23(4)31(29)33(39)42-20-25-14-10-7-11-15-25/h6-15,21,26-29,34,37H,16-20H2,1-5H3,(H,35,38)/t27-,28+,29?/m0/s1. The van der Waals surface area contributed by atoms with Gasteiger partial charge in [0.05, 0.1) is 24.0 Å². The number of nitrogens with one attached hydrogen (secondary N) is 2. The molecule has 0 radical (unpaired) electrons. The molecule has 0 spiro atoms. The van der Waals surface area contributed by atoms with E-state index in [9.17, 15) is 23.1 Å². The second-order valence-electron chi connectivity index (χ2n) is 11.8. The van der Waals surface area contributed by atoms with Crippen LogP contribution in [-0.4, -0.2) is 60.7 Å². The van der Waals surface area contributed by atoms with Crippen molar-refractivity contribution in [3.05, 3.63) is 94.3 Å². The molecular formula is C33H43N3O6S. The number of benzene rings is 2. The molecule has 3 atom stereocenters. The van der Waals surface area contributed by atoms with Gasteiger partial charge in [-0.15, -0.1) is 0 Å². The van der Waals surface area contributed by atoms with Crippen molar-refractivity contribution < 1.29 is 27.9 Å². The molecule has 4 rings (SSSR count). The maximum Gasteiger partial charge on any atom is 0.336 e. The van der Waals surface area contributed by atoms with E-state index in [1.165, 1.54) is 0 Å². The van der Waals surface area contributed by atoms with Crippen LogP contribution in [0.1, 0.15) is 51.7 Å². The van der Waals surface area contributed by atoms with E-state index in [-0.39, 0.29) is 35.1 Å². The number of carbonyl (C=O) groups is 2. The molecule has 9 nitrogen and oxygen atoms in total. The summed E-state index contributed by atoms with van der Waals surface area (Å²) in [6.45, 7) is 7.23. The molecule has 232 valence electrons. The summed E-state index contributed by atoms with van der Waals surface area (Å²) >= 11 is 0. The smallest absolute Gasteiger partial charge is 0.336 e. The molecule has 1 unspecified atom stereocenters. The van der Waals surface area contributed by atoms with Crippen LogP contribution < -0.4 is 10.6 Å². The summed E-state index contributed by atoms with van der Waals surface area (Å²) in [4.78, 5) is 27.9. The molecular weight excluding hydrogens is 566 g/mol. The zero-order valence-corrected chi connectivity index (χ0v) is 26.4. The molecule has 1 fully saturated rings. The van der Waals surface area contributed by atoms with Crippen molar-refractivity contribution in [2.45, 2.75) is 71.8 Å². The van der Waals surface area contributed by atoms with Crippen molar-refractivity contribution in [2.24, 2.45) is 11.8 Å². The Morgan fingerprint density at radius 2 is 1.51 bits per heavy atom. The third-order valence-corrected chi connectivity index (χ3v) is 9.17. The lowest BCUT2D eigenvalue weighted by molar-refractivity contribution is -0.141. The van der Waals surface area contributed by atoms with E-state index in [1.807, 2.05) is 74.5 Å². The number of ether oxygens (including phenoxy) is 1. The minimum Gasteiger partial charge on any atom is -0.457 e. The molecule has 2 aromatic rings. The third kappa shape index (κ3) is 8.13. The lowest BCUT2D eigenvalue weighted by Crippen LogP contribution is -2.51. The average molecular weight is 610 g/mol. The van der Waals surface area contributed by atoms with Crippen LogP contribution in [0.2, 0.25) is 0 Å². The largest absolute Gasteiger partial charge is 0.457 e. The molecule has 1 amide bonds. The van der Waals surface area contributed by atoms with E-state index in [2.05, 4.69) is 10.6 Å². The van der Waals surface area contributed by atoms with Gasteiger partial charge in [-0.05, 0) is 50.2 Å². The number of esters is 1. The molecule has 2 aromatic carbocycles. The highest BCUT2D eigenvalue weighted by Crippen LogP contribution is 2.41. The van der Waals surface area contributed by atoms with Crippen LogP contribution >= 0.6 is 0 Å². The Morgan fingerprint density at radius 3 is 2.05 bits per heavy atom. The van der Waals surface area contributed by atoms with E-state index < -0.39 is 40.0 Å². The Kier molecular flexibility index (Phi) is 10.5. The summed E-state index contributed by atoms with van der Waals surface area (Å²) < 4.78 is 32.8. The summed E-state index contributed by atoms with van der Waals surface area (Å²) in [5, 5.41) is 17.5. The third-order valence-electron chi connectivity index (χ3n) is 7.96. The van der Waals surface area contributed by atoms with Crippen LogP contribution in [0, 0.1) is 11.8 Å². The van der Waals surface area contributed by atoms with Crippen LogP contribution in [0.25, 0.3) is 0 Å². The molecule has 1 saturated carbocycles. The molecule has 0 bridgehead atoms. The molecule has 10 heteroatoms. The fraction of sp³-hybridized carbons (Fsp3) is 0.455. The number of rotatable bonds is 13. The first-order chi connectivity index (χ1) is 20.4. The first-order valence-electron chi connectivity index (χ1n) is 14.8. The molecule has 43 heavy (non-hydrogen) atoms. The summed E-state index contributed by atoms with van der Waals surface area (Å²) in [6, 6.07) is 18.5. The van der Waals surface area contributed by atoms with Crippen LogP contribution in [0.5, 0.6) is 0 Å². The van der Waals surface area contributed by atoms with Crippen molar-refractivity contribution in [2.75, 3.05) is 12.8 Å². The molecule has 0 aromatic heterocycles. The number of sulfonamides is 1. The quantitative estimate of drug-likeness (QED) is 0.296. The number of carbonyl (C=O) groups excluding carboxylic acids is 2. The van der Waals surface area contributed by atoms with Gasteiger partial charge in [-0.1, -0.05) is 74.5 Å². The van der Waals surface area contributed by atoms with E-state index in [4.69, 9.17) is 4.74 Å². The lowest BCUT2D eigenvalue weighted by atomic mass is 9.77. The Balaban J connectivity index is 1.68. The van der Waals surface area contributed by atoms with Crippen LogP contribution in [0.15, 0.2) is 83.2 Å². The van der Waals surface area contributed by atoms with E-state index in [0.29, 0.717) is 19.0 Å². The highest BCUT2D eigenvalue weighted by molar-refractivity contribution is 7.88. The van der Waals surface area contributed by atoms with Gasteiger partial charge in [0.2, 0.25) is 15.9 Å². The average Bonchev–Trinajstić information content (AvgIpc) is 3.79. The number of aliphatic hydroxyl groups is 1. The minimum absolute atomic E-state index is 0.00368. The second kappa shape index (κ2) is 13.9. The van der Waals surface area contributed by atoms with Gasteiger partial charge < -0.3 is 20.5 Å². The second-order valence-corrected chi connectivity index (χ2v) is 13.7. The van der Waals surface area contributed by atoms with Crippen molar-refractivity contribution in [1.82, 2.24) is 14.9 Å². The van der Waals surface area contributed by atoms with Crippen molar-refractivity contribution >= 4 is 21.9 Å². The van der Waals surface area contributed by atoms with Crippen molar-refractivity contribution in [1.29, 1.82) is 0 Å². The Hall–Kier alpha value is -3.47. The van der Waals surface area contributed by atoms with E-state index in [1.54, 1.807) is 13.8 Å².